The molecule has 0 bridgehead atoms. The Morgan fingerprint density at radius 3 is 2.43 bits per heavy atom. The van der Waals surface area contributed by atoms with Crippen LogP contribution in [0, 0.1) is 5.82 Å². The van der Waals surface area contributed by atoms with Gasteiger partial charge in [-0.1, -0.05) is 6.92 Å². The minimum absolute atomic E-state index is 0.161. The van der Waals surface area contributed by atoms with Gasteiger partial charge in [-0.25, -0.2) is 17.6 Å². The zero-order valence-electron chi connectivity index (χ0n) is 16.7. The summed E-state index contributed by atoms with van der Waals surface area (Å²) in [6.45, 7) is 3.14. The van der Waals surface area contributed by atoms with Gasteiger partial charge in [0.2, 0.25) is 10.0 Å². The maximum absolute atomic E-state index is 13.8. The van der Waals surface area contributed by atoms with Crippen LogP contribution in [0.25, 0.3) is 0 Å². The number of nitrogens with one attached hydrogen (secondary N) is 1. The highest BCUT2D eigenvalue weighted by Gasteiger charge is 2.30. The number of ether oxygens (including phenoxy) is 1. The molecule has 8 nitrogen and oxygen atoms in total. The molecular weight excluding hydrogens is 411 g/mol. The number of carbonyl (C=O) groups excluding carboxylic acids is 1. The molecule has 2 amide bonds. The van der Waals surface area contributed by atoms with Crippen molar-refractivity contribution in [3.8, 4) is 5.75 Å². The first kappa shape index (κ1) is 21.8. The molecule has 0 saturated carbocycles. The van der Waals surface area contributed by atoms with Gasteiger partial charge < -0.3 is 20.7 Å². The smallest absolute Gasteiger partial charge is 0.321 e. The molecule has 1 fully saturated rings. The number of piperazine rings is 1. The maximum atomic E-state index is 13.8. The number of nitrogen functional groups attached to an aromatic ring is 1. The van der Waals surface area contributed by atoms with E-state index in [2.05, 4.69) is 5.32 Å². The Bertz CT molecular complexity index is 990. The van der Waals surface area contributed by atoms with Crippen molar-refractivity contribution in [2.45, 2.75) is 18.2 Å². The molecule has 162 valence electrons. The van der Waals surface area contributed by atoms with E-state index in [9.17, 15) is 17.6 Å². The number of hydrogen-bond acceptors (Lipinski definition) is 5. The summed E-state index contributed by atoms with van der Waals surface area (Å²) in [5, 5.41) is 2.65. The number of rotatable bonds is 6. The van der Waals surface area contributed by atoms with E-state index in [4.69, 9.17) is 10.5 Å². The van der Waals surface area contributed by atoms with Gasteiger partial charge >= 0.3 is 6.03 Å². The second-order valence-corrected chi connectivity index (χ2v) is 8.85. The number of hydrogen-bond donors (Lipinski definition) is 2. The monoisotopic (exact) mass is 436 g/mol. The van der Waals surface area contributed by atoms with Crippen molar-refractivity contribution in [2.24, 2.45) is 0 Å². The lowest BCUT2D eigenvalue weighted by Gasteiger charge is -2.34. The van der Waals surface area contributed by atoms with Crippen LogP contribution >= 0.6 is 0 Å². The molecular formula is C20H25FN4O4S. The standard InChI is InChI=1S/C20H25FN4O4S/c1-2-11-29-18-13-15(21)12-17(14-18)23-20(26)24-7-9-25(10-8-24)30(27,28)19-5-3-16(22)4-6-19/h3-6,12-14H,2,7-11,22H2,1H3,(H,23,26). The van der Waals surface area contributed by atoms with Crippen LogP contribution in [0.5, 0.6) is 5.75 Å². The molecule has 1 aliphatic rings. The molecule has 0 aromatic heterocycles. The molecule has 3 N–H and O–H groups in total. The van der Waals surface area contributed by atoms with Gasteiger partial charge in [-0.2, -0.15) is 4.31 Å². The number of urea groups is 1. The Hall–Kier alpha value is -2.85. The molecule has 3 rings (SSSR count). The largest absolute Gasteiger partial charge is 0.493 e. The van der Waals surface area contributed by atoms with Crippen molar-refractivity contribution in [3.05, 3.63) is 48.3 Å². The Morgan fingerprint density at radius 1 is 1.13 bits per heavy atom. The van der Waals surface area contributed by atoms with Gasteiger partial charge in [-0.15, -0.1) is 0 Å². The number of amides is 2. The van der Waals surface area contributed by atoms with Crippen molar-refractivity contribution in [1.29, 1.82) is 0 Å². The Labute approximate surface area is 175 Å². The molecule has 1 aliphatic heterocycles. The molecule has 0 atom stereocenters. The highest BCUT2D eigenvalue weighted by atomic mass is 32.2. The number of nitrogens with zero attached hydrogens (tertiary/aromatic N) is 2. The van der Waals surface area contributed by atoms with E-state index < -0.39 is 21.9 Å². The molecule has 2 aromatic rings. The fraction of sp³-hybridized carbons (Fsp3) is 0.350. The first-order valence-electron chi connectivity index (χ1n) is 9.64. The van der Waals surface area contributed by atoms with E-state index >= 15 is 0 Å². The summed E-state index contributed by atoms with van der Waals surface area (Å²) in [6.07, 6.45) is 0.780. The summed E-state index contributed by atoms with van der Waals surface area (Å²) in [4.78, 5) is 14.2. The minimum Gasteiger partial charge on any atom is -0.493 e. The summed E-state index contributed by atoms with van der Waals surface area (Å²) in [5.74, 6) is -0.176. The predicted octanol–water partition coefficient (Wildman–Crippen LogP) is 2.74. The van der Waals surface area contributed by atoms with Crippen LogP contribution in [0.15, 0.2) is 47.4 Å². The van der Waals surface area contributed by atoms with Crippen LogP contribution in [0.3, 0.4) is 0 Å². The first-order valence-corrected chi connectivity index (χ1v) is 11.1. The topological polar surface area (TPSA) is 105 Å². The number of benzene rings is 2. The number of carbonyl (C=O) groups is 1. The number of nitrogens with two attached hydrogens (primary N) is 1. The lowest BCUT2D eigenvalue weighted by molar-refractivity contribution is 0.184. The van der Waals surface area contributed by atoms with Crippen LogP contribution in [-0.2, 0) is 10.0 Å². The van der Waals surface area contributed by atoms with Crippen molar-refractivity contribution < 1.29 is 22.3 Å². The highest BCUT2D eigenvalue weighted by Crippen LogP contribution is 2.22. The van der Waals surface area contributed by atoms with E-state index in [1.807, 2.05) is 6.92 Å². The fourth-order valence-corrected chi connectivity index (χ4v) is 4.48. The van der Waals surface area contributed by atoms with E-state index in [0.717, 1.165) is 6.42 Å². The molecule has 30 heavy (non-hydrogen) atoms. The summed E-state index contributed by atoms with van der Waals surface area (Å²) in [5.41, 5.74) is 6.38. The SMILES string of the molecule is CCCOc1cc(F)cc(NC(=O)N2CCN(S(=O)(=O)c3ccc(N)cc3)CC2)c1. The van der Waals surface area contributed by atoms with Crippen molar-refractivity contribution in [2.75, 3.05) is 43.8 Å². The van der Waals surface area contributed by atoms with Crippen LogP contribution in [-0.4, -0.2) is 56.4 Å². The first-order chi connectivity index (χ1) is 14.3. The van der Waals surface area contributed by atoms with E-state index in [-0.39, 0.29) is 36.8 Å². The minimum atomic E-state index is -3.65. The fourth-order valence-electron chi connectivity index (χ4n) is 3.06. The van der Waals surface area contributed by atoms with Crippen LogP contribution in [0.1, 0.15) is 13.3 Å². The molecule has 0 radical (unpaired) electrons. The predicted molar refractivity (Wildman–Crippen MR) is 112 cm³/mol. The van der Waals surface area contributed by atoms with E-state index in [0.29, 0.717) is 18.0 Å². The highest BCUT2D eigenvalue weighted by molar-refractivity contribution is 7.89. The Balaban J connectivity index is 1.60. The molecule has 10 heteroatoms. The van der Waals surface area contributed by atoms with Crippen molar-refractivity contribution >= 4 is 27.4 Å². The summed E-state index contributed by atoms with van der Waals surface area (Å²) in [6, 6.07) is 9.59. The number of sulfonamides is 1. The zero-order valence-corrected chi connectivity index (χ0v) is 17.5. The quantitative estimate of drug-likeness (QED) is 0.678. The molecule has 0 unspecified atom stereocenters. The summed E-state index contributed by atoms with van der Waals surface area (Å²) < 4.78 is 46.0. The third kappa shape index (κ3) is 5.19. The van der Waals surface area contributed by atoms with Crippen molar-refractivity contribution in [3.63, 3.8) is 0 Å². The molecule has 0 aliphatic carbocycles. The Morgan fingerprint density at radius 2 is 1.80 bits per heavy atom. The van der Waals surface area contributed by atoms with Crippen molar-refractivity contribution in [1.82, 2.24) is 9.21 Å². The average molecular weight is 437 g/mol. The zero-order chi connectivity index (χ0) is 21.7. The normalized spacial score (nSPS) is 15.1. The molecule has 0 spiro atoms. The maximum Gasteiger partial charge on any atom is 0.321 e. The van der Waals surface area contributed by atoms with Crippen LogP contribution in [0.2, 0.25) is 0 Å². The molecule has 2 aromatic carbocycles. The number of anilines is 2. The van der Waals surface area contributed by atoms with Gasteiger partial charge in [-0.3, -0.25) is 0 Å². The van der Waals surface area contributed by atoms with Gasteiger partial charge in [0, 0.05) is 49.7 Å². The lowest BCUT2D eigenvalue weighted by Crippen LogP contribution is -2.51. The lowest BCUT2D eigenvalue weighted by atomic mass is 10.3. The number of halogens is 1. The van der Waals surface area contributed by atoms with Gasteiger partial charge in [-0.05, 0) is 36.8 Å². The van der Waals surface area contributed by atoms with Gasteiger partial charge in [0.15, 0.2) is 0 Å². The summed E-state index contributed by atoms with van der Waals surface area (Å²) in [7, 11) is -3.65. The summed E-state index contributed by atoms with van der Waals surface area (Å²) >= 11 is 0. The van der Waals surface area contributed by atoms with Crippen LogP contribution < -0.4 is 15.8 Å². The third-order valence-electron chi connectivity index (χ3n) is 4.64. The van der Waals surface area contributed by atoms with Gasteiger partial charge in [0.05, 0.1) is 11.5 Å². The van der Waals surface area contributed by atoms with E-state index in [1.165, 1.54) is 45.6 Å². The van der Waals surface area contributed by atoms with E-state index in [1.54, 1.807) is 6.07 Å². The average Bonchev–Trinajstić information content (AvgIpc) is 2.72. The Kier molecular flexibility index (Phi) is 6.78. The third-order valence-corrected chi connectivity index (χ3v) is 6.55. The van der Waals surface area contributed by atoms with Crippen LogP contribution in [0.4, 0.5) is 20.6 Å². The molecule has 1 heterocycles. The van der Waals surface area contributed by atoms with Gasteiger partial charge in [0.25, 0.3) is 0 Å². The molecule has 1 saturated heterocycles. The van der Waals surface area contributed by atoms with Gasteiger partial charge in [0.1, 0.15) is 11.6 Å². The second-order valence-electron chi connectivity index (χ2n) is 6.91. The second kappa shape index (κ2) is 9.31.